The average Bonchev–Trinajstić information content (AvgIpc) is 3.81. The van der Waals surface area contributed by atoms with Crippen molar-refractivity contribution in [3.8, 4) is 0 Å². The maximum atomic E-state index is 12.6. The molecule has 0 aromatic rings. The van der Waals surface area contributed by atoms with E-state index in [0.717, 1.165) is 25.7 Å². The molecule has 0 bridgehead atoms. The number of rotatable bonds is 12. The van der Waals surface area contributed by atoms with Gasteiger partial charge in [0.05, 0.1) is 49.8 Å². The Kier molecular flexibility index (Phi) is 13.4. The molecule has 3 saturated heterocycles. The van der Waals surface area contributed by atoms with Crippen molar-refractivity contribution in [1.82, 2.24) is 0 Å². The maximum absolute atomic E-state index is 12.6. The Labute approximate surface area is 375 Å². The monoisotopic (exact) mass is 919 g/mol. The van der Waals surface area contributed by atoms with Gasteiger partial charge in [-0.15, -0.1) is 0 Å². The van der Waals surface area contributed by atoms with Crippen molar-refractivity contribution in [2.75, 3.05) is 19.8 Å². The van der Waals surface area contributed by atoms with Crippen molar-refractivity contribution < 1.29 is 89.7 Å². The highest BCUT2D eigenvalue weighted by Gasteiger charge is 2.84. The van der Waals surface area contributed by atoms with Gasteiger partial charge in [0.15, 0.2) is 18.9 Å². The molecule has 8 rings (SSSR count). The molecule has 12 N–H and O–H groups in total. The molecule has 0 amide bonds. The largest absolute Gasteiger partial charge is 0.394 e. The van der Waals surface area contributed by atoms with Gasteiger partial charge in [-0.05, 0) is 122 Å². The van der Waals surface area contributed by atoms with Crippen molar-refractivity contribution >= 4 is 0 Å². The molecule has 3 heterocycles. The van der Waals surface area contributed by atoms with Gasteiger partial charge in [0.2, 0.25) is 0 Å². The van der Waals surface area contributed by atoms with Gasteiger partial charge in [-0.3, -0.25) is 0 Å². The van der Waals surface area contributed by atoms with E-state index in [1.54, 1.807) is 13.8 Å². The summed E-state index contributed by atoms with van der Waals surface area (Å²) < 4.78 is 36.8. The smallest absolute Gasteiger partial charge is 0.186 e. The summed E-state index contributed by atoms with van der Waals surface area (Å²) in [5.74, 6) is -0.269. The Morgan fingerprint density at radius 2 is 1.33 bits per heavy atom. The Morgan fingerprint density at radius 3 is 1.98 bits per heavy atom. The van der Waals surface area contributed by atoms with Crippen LogP contribution in [-0.4, -0.2) is 191 Å². The molecule has 5 aliphatic carbocycles. The SMILES string of the molecule is C[C@H](CC[C@@H](O)C(C)(C)O)[C@H]1[C@@H](O[C@H]2O[C@@H](CO)[C@H](O)[C@@H](O)[C@@H]2O)C[C@@]2(C)[C@@H]3C[C@H](O)[C@H]4C(C)(C)[C@@H](O[C@@H]5OC[C@@H](O)[C@H](O)[C@H]5O[C@@H]5OC[C@@H](O)[C@H](O)[C@H]5O)CC[C@@]45C[C@@]35CC[C@]12C. The molecular formula is C46H78O18. The number of aliphatic hydroxyl groups excluding tert-OH is 11. The summed E-state index contributed by atoms with van der Waals surface area (Å²) in [5.41, 5.74) is -2.98. The van der Waals surface area contributed by atoms with Gasteiger partial charge < -0.3 is 89.7 Å². The van der Waals surface area contributed by atoms with E-state index in [1.165, 1.54) is 0 Å². The second kappa shape index (κ2) is 17.3. The molecular weight excluding hydrogens is 840 g/mol. The van der Waals surface area contributed by atoms with Crippen LogP contribution in [0, 0.1) is 50.7 Å². The minimum Gasteiger partial charge on any atom is -0.394 e. The van der Waals surface area contributed by atoms with Crippen molar-refractivity contribution in [3.05, 3.63) is 0 Å². The van der Waals surface area contributed by atoms with Crippen molar-refractivity contribution in [3.63, 3.8) is 0 Å². The van der Waals surface area contributed by atoms with Crippen LogP contribution in [0.3, 0.4) is 0 Å². The fourth-order valence-corrected chi connectivity index (χ4v) is 15.4. The van der Waals surface area contributed by atoms with Crippen LogP contribution in [0.1, 0.15) is 106 Å². The molecule has 8 fully saturated rings. The highest BCUT2D eigenvalue weighted by molar-refractivity contribution is 5.32. The average molecular weight is 919 g/mol. The highest BCUT2D eigenvalue weighted by Crippen LogP contribution is 2.89. The summed E-state index contributed by atoms with van der Waals surface area (Å²) in [7, 11) is 0. The van der Waals surface area contributed by atoms with Crippen LogP contribution in [0.5, 0.6) is 0 Å². The summed E-state index contributed by atoms with van der Waals surface area (Å²) in [5, 5.41) is 129. The van der Waals surface area contributed by atoms with Gasteiger partial charge in [0.1, 0.15) is 61.0 Å². The van der Waals surface area contributed by atoms with E-state index < -0.39 is 127 Å². The number of aliphatic hydroxyl groups is 12. The molecule has 25 atom stereocenters. The quantitative estimate of drug-likeness (QED) is 0.105. The Morgan fingerprint density at radius 1 is 0.688 bits per heavy atom. The molecule has 5 saturated carbocycles. The predicted molar refractivity (Wildman–Crippen MR) is 222 cm³/mol. The Balaban J connectivity index is 1.05. The van der Waals surface area contributed by atoms with Crippen molar-refractivity contribution in [2.45, 2.75) is 216 Å². The lowest BCUT2D eigenvalue weighted by atomic mass is 9.41. The number of ether oxygens (including phenoxy) is 6. The zero-order valence-corrected chi connectivity index (χ0v) is 38.4. The summed E-state index contributed by atoms with van der Waals surface area (Å²) in [6, 6.07) is 0. The molecule has 64 heavy (non-hydrogen) atoms. The van der Waals surface area contributed by atoms with Gasteiger partial charge in [-0.2, -0.15) is 0 Å². The third-order valence-electron chi connectivity index (χ3n) is 19.0. The fraction of sp³-hybridized carbons (Fsp3) is 1.00. The minimum absolute atomic E-state index is 0.0345. The topological polar surface area (TPSA) is 298 Å². The van der Waals surface area contributed by atoms with E-state index in [9.17, 15) is 61.3 Å². The van der Waals surface area contributed by atoms with Gasteiger partial charge in [-0.25, -0.2) is 0 Å². The first-order chi connectivity index (χ1) is 29.8. The van der Waals surface area contributed by atoms with Gasteiger partial charge in [-0.1, -0.05) is 34.6 Å². The lowest BCUT2D eigenvalue weighted by molar-refractivity contribution is -0.356. The molecule has 18 nitrogen and oxygen atoms in total. The normalized spacial score (nSPS) is 54.5. The molecule has 8 aliphatic rings. The van der Waals surface area contributed by atoms with Crippen LogP contribution >= 0.6 is 0 Å². The zero-order chi connectivity index (χ0) is 46.9. The molecule has 18 heteroatoms. The van der Waals surface area contributed by atoms with Crippen molar-refractivity contribution in [2.24, 2.45) is 50.7 Å². The molecule has 0 unspecified atom stereocenters. The Hall–Kier alpha value is -0.720. The van der Waals surface area contributed by atoms with Crippen LogP contribution in [-0.2, 0) is 28.4 Å². The lowest BCUT2D eigenvalue weighted by Crippen LogP contribution is -2.63. The predicted octanol–water partition coefficient (Wildman–Crippen LogP) is -0.973. The molecule has 2 spiro atoms. The third-order valence-corrected chi connectivity index (χ3v) is 19.0. The molecule has 0 radical (unpaired) electrons. The van der Waals surface area contributed by atoms with E-state index in [0.29, 0.717) is 32.1 Å². The fourth-order valence-electron chi connectivity index (χ4n) is 15.4. The van der Waals surface area contributed by atoms with Crippen LogP contribution in [0.15, 0.2) is 0 Å². The molecule has 3 aliphatic heterocycles. The van der Waals surface area contributed by atoms with Crippen molar-refractivity contribution in [1.29, 1.82) is 0 Å². The maximum Gasteiger partial charge on any atom is 0.186 e. The number of hydrogen-bond acceptors (Lipinski definition) is 18. The third kappa shape index (κ3) is 7.68. The molecule has 0 aromatic heterocycles. The first kappa shape index (κ1) is 49.7. The van der Waals surface area contributed by atoms with Crippen LogP contribution < -0.4 is 0 Å². The highest BCUT2D eigenvalue weighted by atomic mass is 16.8. The second-order valence-corrected chi connectivity index (χ2v) is 23.1. The molecule has 0 aromatic carbocycles. The standard InChI is InChI=1S/C46H78O18/c1-20(8-9-27(51)42(4,5)58)29-24(61-39-35(57)33(55)32(54)25(16-47)62-39)15-44(7)26-14-21(48)37-41(2,3)28(10-11-46(37)19-45(26,46)13-12-43(29,44)6)63-40-36(31(53)23(50)18-60-40)64-38-34(56)30(52)22(49)17-59-38/h20-40,47-58H,8-19H2,1-7H3/t20-,21+,22-,23-,24+,25+,26+,27-,28+,29+,30+,31+,32+,33-,34-,35+,36-,37+,38+,39+,40+,43-,44+,45+,46-/m1/s1. The summed E-state index contributed by atoms with van der Waals surface area (Å²) in [6.07, 6.45) is -15.1. The first-order valence-electron chi connectivity index (χ1n) is 23.8. The van der Waals surface area contributed by atoms with Gasteiger partial charge >= 0.3 is 0 Å². The van der Waals surface area contributed by atoms with Crippen LogP contribution in [0.25, 0.3) is 0 Å². The van der Waals surface area contributed by atoms with E-state index in [2.05, 4.69) is 34.6 Å². The van der Waals surface area contributed by atoms with Crippen LogP contribution in [0.2, 0.25) is 0 Å². The number of hydrogen-bond donors (Lipinski definition) is 12. The lowest BCUT2D eigenvalue weighted by Gasteiger charge is -2.64. The zero-order valence-electron chi connectivity index (χ0n) is 38.4. The second-order valence-electron chi connectivity index (χ2n) is 23.1. The van der Waals surface area contributed by atoms with Gasteiger partial charge in [0, 0.05) is 0 Å². The Bertz CT molecular complexity index is 1650. The van der Waals surface area contributed by atoms with E-state index in [1.807, 2.05) is 0 Å². The first-order valence-corrected chi connectivity index (χ1v) is 23.8. The van der Waals surface area contributed by atoms with Crippen LogP contribution in [0.4, 0.5) is 0 Å². The van der Waals surface area contributed by atoms with E-state index in [4.69, 9.17) is 28.4 Å². The number of fused-ring (bicyclic) bond motifs is 2. The minimum atomic E-state index is -1.64. The summed E-state index contributed by atoms with van der Waals surface area (Å²) in [4.78, 5) is 0. The summed E-state index contributed by atoms with van der Waals surface area (Å²) >= 11 is 0. The summed E-state index contributed by atoms with van der Waals surface area (Å²) in [6.45, 7) is 13.0. The van der Waals surface area contributed by atoms with E-state index in [-0.39, 0.29) is 53.1 Å². The van der Waals surface area contributed by atoms with E-state index >= 15 is 0 Å². The molecule has 370 valence electrons. The van der Waals surface area contributed by atoms with Gasteiger partial charge in [0.25, 0.3) is 0 Å².